The molecule has 0 aliphatic carbocycles. The van der Waals surface area contributed by atoms with Crippen molar-refractivity contribution >= 4 is 40.9 Å². The zero-order valence-electron chi connectivity index (χ0n) is 15.2. The molecule has 2 aromatic rings. The molecule has 0 saturated carbocycles. The molecule has 2 heterocycles. The molecule has 1 saturated heterocycles. The third kappa shape index (κ3) is 4.51. The molecule has 150 valence electrons. The van der Waals surface area contributed by atoms with E-state index in [0.29, 0.717) is 29.3 Å². The Morgan fingerprint density at radius 3 is 2.76 bits per heavy atom. The van der Waals surface area contributed by atoms with E-state index in [1.54, 1.807) is 30.3 Å². The highest BCUT2D eigenvalue weighted by atomic mass is 32.2. The van der Waals surface area contributed by atoms with E-state index < -0.39 is 6.04 Å². The highest BCUT2D eigenvalue weighted by Gasteiger charge is 2.32. The smallest absolute Gasteiger partial charge is 0.262 e. The molecule has 2 atom stereocenters. The number of rotatable bonds is 4. The third-order valence-electron chi connectivity index (χ3n) is 4.60. The molecule has 7 nitrogen and oxygen atoms in total. The molecule has 0 aromatic heterocycles. The third-order valence-corrected chi connectivity index (χ3v) is 5.91. The fraction of sp³-hybridized carbons (Fsp3) is 0.250. The van der Waals surface area contributed by atoms with Gasteiger partial charge in [0, 0.05) is 11.4 Å². The van der Waals surface area contributed by atoms with Gasteiger partial charge in [-0.1, -0.05) is 12.1 Å². The van der Waals surface area contributed by atoms with Crippen molar-refractivity contribution in [3.05, 3.63) is 53.8 Å². The zero-order valence-corrected chi connectivity index (χ0v) is 16.1. The standard InChI is InChI=1S/C20H18FN3O4S/c21-12-3-1-11(2-4-12)7-17-20(27)24-15(10-29-17)19(26)22-13-5-6-16-14(8-13)23-18(25)9-28-16/h1-6,8,15,17H,7,9-10H2,(H,22,26)(H,23,25)(H,24,27). The Hall–Kier alpha value is -3.07. The first kappa shape index (κ1) is 19.3. The topological polar surface area (TPSA) is 96.5 Å². The van der Waals surface area contributed by atoms with E-state index in [-0.39, 0.29) is 35.4 Å². The van der Waals surface area contributed by atoms with Crippen LogP contribution in [0.3, 0.4) is 0 Å². The molecule has 0 spiro atoms. The van der Waals surface area contributed by atoms with Crippen molar-refractivity contribution in [3.8, 4) is 5.75 Å². The van der Waals surface area contributed by atoms with Gasteiger partial charge in [-0.2, -0.15) is 0 Å². The van der Waals surface area contributed by atoms with E-state index in [1.807, 2.05) is 0 Å². The van der Waals surface area contributed by atoms with Crippen molar-refractivity contribution in [3.63, 3.8) is 0 Å². The maximum absolute atomic E-state index is 13.0. The van der Waals surface area contributed by atoms with E-state index in [9.17, 15) is 18.8 Å². The SMILES string of the molecule is O=C1COc2ccc(NC(=O)C3CSC(Cc4ccc(F)cc4)C(=O)N3)cc2N1. The molecule has 2 aromatic carbocycles. The average Bonchev–Trinajstić information content (AvgIpc) is 2.70. The van der Waals surface area contributed by atoms with E-state index in [2.05, 4.69) is 16.0 Å². The summed E-state index contributed by atoms with van der Waals surface area (Å²) in [4.78, 5) is 36.4. The zero-order chi connectivity index (χ0) is 20.4. The molecule has 2 aliphatic rings. The van der Waals surface area contributed by atoms with Crippen molar-refractivity contribution in [1.29, 1.82) is 0 Å². The minimum atomic E-state index is -0.668. The van der Waals surface area contributed by atoms with Crippen LogP contribution in [0.25, 0.3) is 0 Å². The number of thioether (sulfide) groups is 1. The lowest BCUT2D eigenvalue weighted by atomic mass is 10.1. The molecule has 3 N–H and O–H groups in total. The summed E-state index contributed by atoms with van der Waals surface area (Å²) in [6, 6.07) is 10.3. The monoisotopic (exact) mass is 415 g/mol. The first-order valence-corrected chi connectivity index (χ1v) is 10.1. The number of anilines is 2. The number of hydrogen-bond donors (Lipinski definition) is 3. The van der Waals surface area contributed by atoms with Crippen LogP contribution in [0.5, 0.6) is 5.75 Å². The summed E-state index contributed by atoms with van der Waals surface area (Å²) in [6.07, 6.45) is 0.468. The Balaban J connectivity index is 1.35. The molecule has 9 heteroatoms. The number of ether oxygens (including phenoxy) is 1. The summed E-state index contributed by atoms with van der Waals surface area (Å²) in [5.41, 5.74) is 1.84. The van der Waals surface area contributed by atoms with Crippen molar-refractivity contribution < 1.29 is 23.5 Å². The molecular weight excluding hydrogens is 397 g/mol. The molecule has 0 bridgehead atoms. The van der Waals surface area contributed by atoms with Gasteiger partial charge in [-0.15, -0.1) is 11.8 Å². The molecule has 29 heavy (non-hydrogen) atoms. The van der Waals surface area contributed by atoms with Crippen LogP contribution in [0.2, 0.25) is 0 Å². The van der Waals surface area contributed by atoms with E-state index in [0.717, 1.165) is 5.56 Å². The van der Waals surface area contributed by atoms with Gasteiger partial charge in [-0.25, -0.2) is 4.39 Å². The lowest BCUT2D eigenvalue weighted by Crippen LogP contribution is -2.52. The number of nitrogens with one attached hydrogen (secondary N) is 3. The van der Waals surface area contributed by atoms with Gasteiger partial charge in [0.15, 0.2) is 6.61 Å². The maximum Gasteiger partial charge on any atom is 0.262 e. The summed E-state index contributed by atoms with van der Waals surface area (Å²) in [5.74, 6) is -0.184. The van der Waals surface area contributed by atoms with E-state index >= 15 is 0 Å². The molecule has 2 aliphatic heterocycles. The first-order valence-electron chi connectivity index (χ1n) is 9.02. The average molecular weight is 415 g/mol. The largest absolute Gasteiger partial charge is 0.482 e. The molecule has 0 radical (unpaired) electrons. The quantitative estimate of drug-likeness (QED) is 0.709. The summed E-state index contributed by atoms with van der Waals surface area (Å²) < 4.78 is 18.3. The highest BCUT2D eigenvalue weighted by molar-refractivity contribution is 8.00. The van der Waals surface area contributed by atoms with Gasteiger partial charge < -0.3 is 20.7 Å². The number of carbonyl (C=O) groups is 3. The number of carbonyl (C=O) groups excluding carboxylic acids is 3. The predicted octanol–water partition coefficient (Wildman–Crippen LogP) is 1.94. The maximum atomic E-state index is 13.0. The fourth-order valence-electron chi connectivity index (χ4n) is 3.11. The second-order valence-corrected chi connectivity index (χ2v) is 7.99. The number of benzene rings is 2. The predicted molar refractivity (Wildman–Crippen MR) is 107 cm³/mol. The highest BCUT2D eigenvalue weighted by Crippen LogP contribution is 2.30. The molecule has 1 fully saturated rings. The van der Waals surface area contributed by atoms with Crippen molar-refractivity contribution in [2.75, 3.05) is 23.0 Å². The van der Waals surface area contributed by atoms with Gasteiger partial charge in [0.2, 0.25) is 11.8 Å². The van der Waals surface area contributed by atoms with Gasteiger partial charge in [-0.3, -0.25) is 14.4 Å². The van der Waals surface area contributed by atoms with Crippen LogP contribution < -0.4 is 20.7 Å². The van der Waals surface area contributed by atoms with Gasteiger partial charge in [0.25, 0.3) is 5.91 Å². The van der Waals surface area contributed by atoms with Crippen LogP contribution in [0.15, 0.2) is 42.5 Å². The van der Waals surface area contributed by atoms with E-state index in [4.69, 9.17) is 4.74 Å². The van der Waals surface area contributed by atoms with Crippen LogP contribution in [-0.4, -0.2) is 41.4 Å². The summed E-state index contributed by atoms with van der Waals surface area (Å²) >= 11 is 1.40. The van der Waals surface area contributed by atoms with Gasteiger partial charge in [0.05, 0.1) is 10.9 Å². The second kappa shape index (κ2) is 8.12. The Bertz CT molecular complexity index is 967. The van der Waals surface area contributed by atoms with Crippen LogP contribution in [0.4, 0.5) is 15.8 Å². The number of amides is 3. The number of fused-ring (bicyclic) bond motifs is 1. The van der Waals surface area contributed by atoms with Crippen LogP contribution >= 0.6 is 11.8 Å². The lowest BCUT2D eigenvalue weighted by Gasteiger charge is -2.28. The molecule has 3 amide bonds. The van der Waals surface area contributed by atoms with Crippen molar-refractivity contribution in [2.24, 2.45) is 0 Å². The normalized spacial score (nSPS) is 20.7. The van der Waals surface area contributed by atoms with Gasteiger partial charge >= 0.3 is 0 Å². The number of halogens is 1. The second-order valence-electron chi connectivity index (χ2n) is 6.75. The Labute approximate surface area is 170 Å². The molecule has 4 rings (SSSR count). The summed E-state index contributed by atoms with van der Waals surface area (Å²) in [7, 11) is 0. The van der Waals surface area contributed by atoms with Crippen molar-refractivity contribution in [1.82, 2.24) is 5.32 Å². The van der Waals surface area contributed by atoms with Gasteiger partial charge in [0.1, 0.15) is 17.6 Å². The van der Waals surface area contributed by atoms with E-state index in [1.165, 1.54) is 23.9 Å². The van der Waals surface area contributed by atoms with Crippen LogP contribution in [-0.2, 0) is 20.8 Å². The minimum Gasteiger partial charge on any atom is -0.482 e. The lowest BCUT2D eigenvalue weighted by molar-refractivity contribution is -0.126. The fourth-order valence-corrected chi connectivity index (χ4v) is 4.30. The van der Waals surface area contributed by atoms with Gasteiger partial charge in [-0.05, 0) is 42.3 Å². The van der Waals surface area contributed by atoms with Crippen LogP contribution in [0.1, 0.15) is 5.56 Å². The molecule has 2 unspecified atom stereocenters. The minimum absolute atomic E-state index is 0.0386. The van der Waals surface area contributed by atoms with Crippen molar-refractivity contribution in [2.45, 2.75) is 17.7 Å². The summed E-state index contributed by atoms with van der Waals surface area (Å²) in [5, 5.41) is 7.85. The first-order chi connectivity index (χ1) is 14.0. The summed E-state index contributed by atoms with van der Waals surface area (Å²) in [6.45, 7) is -0.0386. The molecular formula is C20H18FN3O4S. The Morgan fingerprint density at radius 1 is 1.21 bits per heavy atom. The Kier molecular flexibility index (Phi) is 5.39. The van der Waals surface area contributed by atoms with Crippen LogP contribution in [0, 0.1) is 5.82 Å². The Morgan fingerprint density at radius 2 is 2.00 bits per heavy atom. The number of hydrogen-bond acceptors (Lipinski definition) is 5.